The number of guanidine groups is 1. The van der Waals surface area contributed by atoms with Crippen LogP contribution in [0.5, 0.6) is 11.5 Å². The van der Waals surface area contributed by atoms with E-state index in [0.717, 1.165) is 29.6 Å². The number of rotatable bonds is 6. The highest BCUT2D eigenvalue weighted by Gasteiger charge is 2.09. The van der Waals surface area contributed by atoms with Crippen molar-refractivity contribution >= 4 is 5.96 Å². The van der Waals surface area contributed by atoms with Gasteiger partial charge in [0.15, 0.2) is 17.5 Å². The van der Waals surface area contributed by atoms with E-state index < -0.39 is 0 Å². The van der Waals surface area contributed by atoms with Crippen LogP contribution in [0.3, 0.4) is 0 Å². The van der Waals surface area contributed by atoms with Crippen molar-refractivity contribution in [3.63, 3.8) is 0 Å². The van der Waals surface area contributed by atoms with Crippen LogP contribution in [0.4, 0.5) is 0 Å². The van der Waals surface area contributed by atoms with Crippen LogP contribution in [0.1, 0.15) is 16.7 Å². The summed E-state index contributed by atoms with van der Waals surface area (Å²) in [5.74, 6) is 2.20. The predicted octanol–water partition coefficient (Wildman–Crippen LogP) is 2.88. The summed E-state index contributed by atoms with van der Waals surface area (Å²) >= 11 is 0. The number of hydrogen-bond acceptors (Lipinski definition) is 3. The first-order valence-corrected chi connectivity index (χ1v) is 7.88. The van der Waals surface area contributed by atoms with E-state index in [0.29, 0.717) is 6.54 Å². The molecule has 0 saturated heterocycles. The SMILES string of the molecule is CN=C(NCc1ccccc1C)NCc1cccc(OC)c1OC. The van der Waals surface area contributed by atoms with Crippen LogP contribution < -0.4 is 20.1 Å². The van der Waals surface area contributed by atoms with Gasteiger partial charge in [0.25, 0.3) is 0 Å². The molecule has 0 spiro atoms. The zero-order valence-electron chi connectivity index (χ0n) is 14.7. The van der Waals surface area contributed by atoms with Crippen LogP contribution in [0, 0.1) is 6.92 Å². The van der Waals surface area contributed by atoms with Gasteiger partial charge >= 0.3 is 0 Å². The van der Waals surface area contributed by atoms with Gasteiger partial charge in [-0.05, 0) is 24.1 Å². The largest absolute Gasteiger partial charge is 0.493 e. The molecule has 5 nitrogen and oxygen atoms in total. The Morgan fingerprint density at radius 2 is 1.58 bits per heavy atom. The Morgan fingerprint density at radius 1 is 0.917 bits per heavy atom. The van der Waals surface area contributed by atoms with E-state index in [1.807, 2.05) is 30.3 Å². The minimum atomic E-state index is 0.591. The summed E-state index contributed by atoms with van der Waals surface area (Å²) in [7, 11) is 5.04. The fraction of sp³-hybridized carbons (Fsp3) is 0.316. The molecular weight excluding hydrogens is 302 g/mol. The summed E-state index contributed by atoms with van der Waals surface area (Å²) in [6.07, 6.45) is 0. The summed E-state index contributed by atoms with van der Waals surface area (Å²) < 4.78 is 10.8. The highest BCUT2D eigenvalue weighted by atomic mass is 16.5. The molecule has 0 saturated carbocycles. The number of aryl methyl sites for hydroxylation is 1. The van der Waals surface area contributed by atoms with Crippen molar-refractivity contribution in [2.45, 2.75) is 20.0 Å². The second kappa shape index (κ2) is 8.82. The molecule has 2 N–H and O–H groups in total. The van der Waals surface area contributed by atoms with E-state index in [1.54, 1.807) is 21.3 Å². The number of benzene rings is 2. The Hall–Kier alpha value is -2.69. The summed E-state index contributed by atoms with van der Waals surface area (Å²) in [6.45, 7) is 3.42. The molecule has 0 aliphatic heterocycles. The van der Waals surface area contributed by atoms with Crippen LogP contribution >= 0.6 is 0 Å². The molecule has 0 fully saturated rings. The lowest BCUT2D eigenvalue weighted by Crippen LogP contribution is -2.36. The van der Waals surface area contributed by atoms with Crippen LogP contribution in [-0.2, 0) is 13.1 Å². The monoisotopic (exact) mass is 327 g/mol. The Morgan fingerprint density at radius 3 is 2.21 bits per heavy atom. The van der Waals surface area contributed by atoms with E-state index >= 15 is 0 Å². The fourth-order valence-corrected chi connectivity index (χ4v) is 2.48. The molecule has 24 heavy (non-hydrogen) atoms. The maximum Gasteiger partial charge on any atom is 0.191 e. The maximum atomic E-state index is 5.45. The molecular formula is C19H25N3O2. The fourth-order valence-electron chi connectivity index (χ4n) is 2.48. The van der Waals surface area contributed by atoms with E-state index in [9.17, 15) is 0 Å². The maximum absolute atomic E-state index is 5.45. The van der Waals surface area contributed by atoms with Gasteiger partial charge in [0.2, 0.25) is 0 Å². The molecule has 2 aromatic rings. The number of ether oxygens (including phenoxy) is 2. The molecule has 0 atom stereocenters. The third-order valence-corrected chi connectivity index (χ3v) is 3.86. The molecule has 0 aliphatic carbocycles. The van der Waals surface area contributed by atoms with Crippen LogP contribution in [0.2, 0.25) is 0 Å². The van der Waals surface area contributed by atoms with E-state index in [4.69, 9.17) is 9.47 Å². The lowest BCUT2D eigenvalue weighted by atomic mass is 10.1. The topological polar surface area (TPSA) is 54.9 Å². The molecule has 0 amide bonds. The molecule has 2 rings (SSSR count). The van der Waals surface area contributed by atoms with Gasteiger partial charge < -0.3 is 20.1 Å². The summed E-state index contributed by atoms with van der Waals surface area (Å²) in [5, 5.41) is 6.63. The van der Waals surface area contributed by atoms with Gasteiger partial charge in [-0.3, -0.25) is 4.99 Å². The van der Waals surface area contributed by atoms with Crippen molar-refractivity contribution < 1.29 is 9.47 Å². The number of hydrogen-bond donors (Lipinski definition) is 2. The second-order valence-electron chi connectivity index (χ2n) is 5.36. The molecule has 0 radical (unpaired) electrons. The summed E-state index contributed by atoms with van der Waals surface area (Å²) in [4.78, 5) is 4.27. The minimum absolute atomic E-state index is 0.591. The number of nitrogens with one attached hydrogen (secondary N) is 2. The van der Waals surface area contributed by atoms with Gasteiger partial charge in [-0.25, -0.2) is 0 Å². The number of aliphatic imine (C=N–C) groups is 1. The Bertz CT molecular complexity index is 699. The van der Waals surface area contributed by atoms with Crippen molar-refractivity contribution in [3.05, 3.63) is 59.2 Å². The van der Waals surface area contributed by atoms with Gasteiger partial charge in [0.1, 0.15) is 0 Å². The van der Waals surface area contributed by atoms with Crippen molar-refractivity contribution in [3.8, 4) is 11.5 Å². The van der Waals surface area contributed by atoms with Crippen LogP contribution in [0.15, 0.2) is 47.5 Å². The molecule has 128 valence electrons. The number of para-hydroxylation sites is 1. The Kier molecular flexibility index (Phi) is 6.49. The Labute approximate surface area is 143 Å². The highest BCUT2D eigenvalue weighted by Crippen LogP contribution is 2.30. The third-order valence-electron chi connectivity index (χ3n) is 3.86. The Balaban J connectivity index is 1.98. The molecule has 0 heterocycles. The van der Waals surface area contributed by atoms with E-state index in [-0.39, 0.29) is 0 Å². The summed E-state index contributed by atoms with van der Waals surface area (Å²) in [5.41, 5.74) is 3.52. The normalized spacial score (nSPS) is 11.1. The third kappa shape index (κ3) is 4.41. The first kappa shape index (κ1) is 17.7. The van der Waals surface area contributed by atoms with Gasteiger partial charge in [-0.15, -0.1) is 0 Å². The molecule has 2 aromatic carbocycles. The minimum Gasteiger partial charge on any atom is -0.493 e. The second-order valence-corrected chi connectivity index (χ2v) is 5.36. The first-order chi connectivity index (χ1) is 11.7. The molecule has 0 unspecified atom stereocenters. The average molecular weight is 327 g/mol. The number of methoxy groups -OCH3 is 2. The van der Waals surface area contributed by atoms with Crippen molar-refractivity contribution in [2.75, 3.05) is 21.3 Å². The lowest BCUT2D eigenvalue weighted by Gasteiger charge is -2.16. The van der Waals surface area contributed by atoms with Gasteiger partial charge in [0, 0.05) is 25.7 Å². The zero-order valence-corrected chi connectivity index (χ0v) is 14.7. The molecule has 0 bridgehead atoms. The van der Waals surface area contributed by atoms with Crippen molar-refractivity contribution in [1.82, 2.24) is 10.6 Å². The van der Waals surface area contributed by atoms with E-state index in [1.165, 1.54) is 11.1 Å². The standard InChI is InChI=1S/C19H25N3O2/c1-14-8-5-6-9-15(14)12-21-19(20-2)22-13-16-10-7-11-17(23-3)18(16)24-4/h5-11H,12-13H2,1-4H3,(H2,20,21,22). The first-order valence-electron chi connectivity index (χ1n) is 7.88. The lowest BCUT2D eigenvalue weighted by molar-refractivity contribution is 0.351. The van der Waals surface area contributed by atoms with Crippen molar-refractivity contribution in [2.24, 2.45) is 4.99 Å². The van der Waals surface area contributed by atoms with Gasteiger partial charge in [-0.1, -0.05) is 36.4 Å². The van der Waals surface area contributed by atoms with Crippen LogP contribution in [-0.4, -0.2) is 27.2 Å². The molecule has 0 aliphatic rings. The van der Waals surface area contributed by atoms with Crippen molar-refractivity contribution in [1.29, 1.82) is 0 Å². The number of nitrogens with zero attached hydrogens (tertiary/aromatic N) is 1. The average Bonchev–Trinajstić information content (AvgIpc) is 2.62. The zero-order chi connectivity index (χ0) is 17.4. The highest BCUT2D eigenvalue weighted by molar-refractivity contribution is 5.79. The van der Waals surface area contributed by atoms with Gasteiger partial charge in [0.05, 0.1) is 14.2 Å². The summed E-state index contributed by atoms with van der Waals surface area (Å²) in [6, 6.07) is 14.1. The predicted molar refractivity (Wildman–Crippen MR) is 97.8 cm³/mol. The molecule has 0 aromatic heterocycles. The molecule has 5 heteroatoms. The van der Waals surface area contributed by atoms with Crippen LogP contribution in [0.25, 0.3) is 0 Å². The van der Waals surface area contributed by atoms with Gasteiger partial charge in [-0.2, -0.15) is 0 Å². The smallest absolute Gasteiger partial charge is 0.191 e. The quantitative estimate of drug-likeness (QED) is 0.633. The van der Waals surface area contributed by atoms with E-state index in [2.05, 4.69) is 34.7 Å².